The van der Waals surface area contributed by atoms with E-state index in [1.807, 2.05) is 6.07 Å². The van der Waals surface area contributed by atoms with E-state index >= 15 is 0 Å². The third-order valence-corrected chi connectivity index (χ3v) is 2.18. The molecule has 0 atom stereocenters. The quantitative estimate of drug-likeness (QED) is 0.723. The molecule has 2 heterocycles. The Morgan fingerprint density at radius 1 is 1.38 bits per heavy atom. The summed E-state index contributed by atoms with van der Waals surface area (Å²) in [6, 6.07) is 3.62. The average molecular weight is 176 g/mol. The summed E-state index contributed by atoms with van der Waals surface area (Å²) in [7, 11) is 0. The molecule has 2 aromatic rings. The summed E-state index contributed by atoms with van der Waals surface area (Å²) in [5, 5.41) is 9.49. The number of aromatic hydroxyl groups is 1. The van der Waals surface area contributed by atoms with Gasteiger partial charge in [-0.05, 0) is 23.6 Å². The molecule has 0 aliphatic carbocycles. The van der Waals surface area contributed by atoms with Crippen molar-refractivity contribution in [2.45, 2.75) is 19.8 Å². The number of rotatable bonds is 1. The Balaban J connectivity index is 2.78. The molecule has 0 amide bonds. The van der Waals surface area contributed by atoms with E-state index in [9.17, 15) is 5.11 Å². The zero-order valence-corrected chi connectivity index (χ0v) is 7.73. The van der Waals surface area contributed by atoms with E-state index in [4.69, 9.17) is 0 Å². The molecule has 2 aromatic heterocycles. The van der Waals surface area contributed by atoms with Gasteiger partial charge in [-0.25, -0.2) is 4.98 Å². The van der Waals surface area contributed by atoms with Crippen molar-refractivity contribution in [2.75, 3.05) is 0 Å². The summed E-state index contributed by atoms with van der Waals surface area (Å²) in [6.07, 6.45) is 3.46. The molecule has 0 spiro atoms. The van der Waals surface area contributed by atoms with Crippen molar-refractivity contribution in [3.8, 4) is 5.88 Å². The van der Waals surface area contributed by atoms with Gasteiger partial charge in [-0.2, -0.15) is 0 Å². The molecule has 0 bridgehead atoms. The third-order valence-electron chi connectivity index (χ3n) is 2.18. The summed E-state index contributed by atoms with van der Waals surface area (Å²) < 4.78 is 1.69. The van der Waals surface area contributed by atoms with Gasteiger partial charge in [0.25, 0.3) is 0 Å². The minimum absolute atomic E-state index is 0.233. The lowest BCUT2D eigenvalue weighted by molar-refractivity contribution is 0.445. The van der Waals surface area contributed by atoms with E-state index in [0.29, 0.717) is 5.92 Å². The largest absolute Gasteiger partial charge is 0.494 e. The van der Waals surface area contributed by atoms with Crippen LogP contribution in [-0.2, 0) is 0 Å². The second-order valence-electron chi connectivity index (χ2n) is 3.42. The molecule has 13 heavy (non-hydrogen) atoms. The first-order valence-electron chi connectivity index (χ1n) is 4.35. The van der Waals surface area contributed by atoms with Crippen molar-refractivity contribution in [3.05, 3.63) is 30.1 Å². The Hall–Kier alpha value is -1.51. The molecule has 0 unspecified atom stereocenters. The summed E-state index contributed by atoms with van der Waals surface area (Å²) in [5.41, 5.74) is 2.00. The minimum atomic E-state index is 0.233. The Labute approximate surface area is 76.7 Å². The number of hydrogen-bond donors (Lipinski definition) is 1. The second-order valence-corrected chi connectivity index (χ2v) is 3.42. The van der Waals surface area contributed by atoms with Gasteiger partial charge in [0, 0.05) is 12.4 Å². The van der Waals surface area contributed by atoms with Gasteiger partial charge in [-0.3, -0.25) is 4.40 Å². The molecule has 0 radical (unpaired) electrons. The fourth-order valence-corrected chi connectivity index (χ4v) is 1.47. The Kier molecular flexibility index (Phi) is 1.72. The first-order chi connectivity index (χ1) is 6.20. The summed E-state index contributed by atoms with van der Waals surface area (Å²) >= 11 is 0. The summed E-state index contributed by atoms with van der Waals surface area (Å²) in [6.45, 7) is 4.22. The maximum Gasteiger partial charge on any atom is 0.196 e. The van der Waals surface area contributed by atoms with Crippen molar-refractivity contribution >= 4 is 5.65 Å². The van der Waals surface area contributed by atoms with Crippen molar-refractivity contribution in [2.24, 2.45) is 0 Å². The fraction of sp³-hybridized carbons (Fsp3) is 0.300. The number of aromatic nitrogens is 2. The van der Waals surface area contributed by atoms with Crippen LogP contribution in [0.1, 0.15) is 25.3 Å². The molecule has 0 fully saturated rings. The normalized spacial score (nSPS) is 11.3. The van der Waals surface area contributed by atoms with E-state index in [-0.39, 0.29) is 5.88 Å². The van der Waals surface area contributed by atoms with Gasteiger partial charge in [0.05, 0.1) is 0 Å². The van der Waals surface area contributed by atoms with Gasteiger partial charge in [-0.15, -0.1) is 0 Å². The first-order valence-corrected chi connectivity index (χ1v) is 4.35. The highest BCUT2D eigenvalue weighted by atomic mass is 16.3. The number of pyridine rings is 1. The lowest BCUT2D eigenvalue weighted by Crippen LogP contribution is -1.94. The van der Waals surface area contributed by atoms with Crippen LogP contribution in [0.3, 0.4) is 0 Å². The monoisotopic (exact) mass is 176 g/mol. The van der Waals surface area contributed by atoms with Crippen LogP contribution in [0.5, 0.6) is 5.88 Å². The zero-order valence-electron chi connectivity index (χ0n) is 7.73. The van der Waals surface area contributed by atoms with Crippen LogP contribution in [0, 0.1) is 0 Å². The lowest BCUT2D eigenvalue weighted by atomic mass is 10.1. The molecule has 0 aromatic carbocycles. The van der Waals surface area contributed by atoms with E-state index in [2.05, 4.69) is 18.8 Å². The lowest BCUT2D eigenvalue weighted by Gasteiger charge is -2.07. The number of hydrogen-bond acceptors (Lipinski definition) is 2. The van der Waals surface area contributed by atoms with Crippen LogP contribution in [0.25, 0.3) is 5.65 Å². The molecule has 0 saturated carbocycles. The molecule has 0 aliphatic rings. The van der Waals surface area contributed by atoms with E-state index < -0.39 is 0 Å². The van der Waals surface area contributed by atoms with Crippen molar-refractivity contribution < 1.29 is 5.11 Å². The molecular formula is C10H12N2O. The van der Waals surface area contributed by atoms with E-state index in [1.54, 1.807) is 22.9 Å². The molecular weight excluding hydrogens is 164 g/mol. The Morgan fingerprint density at radius 3 is 2.85 bits per heavy atom. The Morgan fingerprint density at radius 2 is 2.15 bits per heavy atom. The van der Waals surface area contributed by atoms with Crippen LogP contribution in [0.15, 0.2) is 24.5 Å². The molecule has 0 saturated heterocycles. The average Bonchev–Trinajstić information content (AvgIpc) is 2.53. The molecule has 0 aliphatic heterocycles. The topological polar surface area (TPSA) is 37.5 Å². The summed E-state index contributed by atoms with van der Waals surface area (Å²) in [5.74, 6) is 0.655. The van der Waals surface area contributed by atoms with E-state index in [0.717, 1.165) is 11.2 Å². The fourth-order valence-electron chi connectivity index (χ4n) is 1.47. The highest BCUT2D eigenvalue weighted by Gasteiger charge is 2.08. The van der Waals surface area contributed by atoms with Gasteiger partial charge in [-0.1, -0.05) is 13.8 Å². The summed E-state index contributed by atoms with van der Waals surface area (Å²) in [4.78, 5) is 4.20. The van der Waals surface area contributed by atoms with Crippen LogP contribution in [0.2, 0.25) is 0 Å². The molecule has 2 rings (SSSR count). The van der Waals surface area contributed by atoms with Gasteiger partial charge in [0.1, 0.15) is 5.65 Å². The molecule has 68 valence electrons. The van der Waals surface area contributed by atoms with Crippen LogP contribution in [-0.4, -0.2) is 14.5 Å². The van der Waals surface area contributed by atoms with E-state index in [1.165, 1.54) is 0 Å². The van der Waals surface area contributed by atoms with Gasteiger partial charge in [0.2, 0.25) is 0 Å². The predicted octanol–water partition coefficient (Wildman–Crippen LogP) is 2.16. The van der Waals surface area contributed by atoms with Crippen molar-refractivity contribution in [3.63, 3.8) is 0 Å². The van der Waals surface area contributed by atoms with Crippen molar-refractivity contribution in [1.82, 2.24) is 9.38 Å². The second kappa shape index (κ2) is 2.76. The highest BCUT2D eigenvalue weighted by molar-refractivity contribution is 5.51. The van der Waals surface area contributed by atoms with Gasteiger partial charge < -0.3 is 5.11 Å². The molecule has 3 nitrogen and oxygen atoms in total. The first kappa shape index (κ1) is 8.10. The Bertz CT molecular complexity index is 431. The number of fused-ring (bicyclic) bond motifs is 1. The van der Waals surface area contributed by atoms with Crippen LogP contribution in [0.4, 0.5) is 0 Å². The smallest absolute Gasteiger partial charge is 0.196 e. The zero-order chi connectivity index (χ0) is 9.42. The predicted molar refractivity (Wildman–Crippen MR) is 50.9 cm³/mol. The highest BCUT2D eigenvalue weighted by Crippen LogP contribution is 2.22. The standard InChI is InChI=1S/C10H12N2O/c1-7(2)8-3-4-9(13)12-6-5-11-10(8)12/h3-7,13H,1-2H3. The maximum absolute atomic E-state index is 9.49. The van der Waals surface area contributed by atoms with Gasteiger partial charge >= 0.3 is 0 Å². The third kappa shape index (κ3) is 1.16. The van der Waals surface area contributed by atoms with Gasteiger partial charge in [0.15, 0.2) is 5.88 Å². The minimum Gasteiger partial charge on any atom is -0.494 e. The van der Waals surface area contributed by atoms with Crippen molar-refractivity contribution in [1.29, 1.82) is 0 Å². The SMILES string of the molecule is CC(C)c1ccc(O)n2ccnc12. The number of imidazole rings is 1. The van der Waals surface area contributed by atoms with Crippen LogP contribution < -0.4 is 0 Å². The van der Waals surface area contributed by atoms with Crippen LogP contribution >= 0.6 is 0 Å². The maximum atomic E-state index is 9.49. The number of nitrogens with zero attached hydrogens (tertiary/aromatic N) is 2. The molecule has 3 heteroatoms. The molecule has 1 N–H and O–H groups in total.